The molecule has 3 fully saturated rings. The number of carbonyl (C=O) groups excluding carboxylic acids is 1. The normalized spacial score (nSPS) is 27.0. The fourth-order valence-electron chi connectivity index (χ4n) is 4.81. The van der Waals surface area contributed by atoms with Crippen molar-refractivity contribution in [3.8, 4) is 0 Å². The van der Waals surface area contributed by atoms with Crippen molar-refractivity contribution in [3.05, 3.63) is 28.2 Å². The van der Waals surface area contributed by atoms with Gasteiger partial charge in [-0.25, -0.2) is 8.42 Å². The molecule has 0 unspecified atom stereocenters. The predicted molar refractivity (Wildman–Crippen MR) is 120 cm³/mol. The number of nitrogens with one attached hydrogen (secondary N) is 1. The van der Waals surface area contributed by atoms with Gasteiger partial charge in [-0.1, -0.05) is 37.0 Å². The van der Waals surface area contributed by atoms with Crippen molar-refractivity contribution in [2.45, 2.75) is 62.2 Å². The molecule has 10 heteroatoms. The number of benzene rings is 1. The first-order valence-corrected chi connectivity index (χ1v) is 13.0. The van der Waals surface area contributed by atoms with E-state index in [1.54, 1.807) is 0 Å². The Kier molecular flexibility index (Phi) is 6.60. The summed E-state index contributed by atoms with van der Waals surface area (Å²) in [5.74, 6) is 0.239. The van der Waals surface area contributed by atoms with Gasteiger partial charge in [0.25, 0.3) is 0 Å². The molecule has 172 valence electrons. The monoisotopic (exact) mass is 489 g/mol. The summed E-state index contributed by atoms with van der Waals surface area (Å²) in [6, 6.07) is 4.10. The van der Waals surface area contributed by atoms with Crippen LogP contribution in [-0.4, -0.2) is 67.6 Å². The quantitative estimate of drug-likeness (QED) is 0.687. The number of ether oxygens (including phenoxy) is 1. The standard InChI is InChI=1S/C21H29Cl2N3O4S/c1-14(2)19-20(27)26(13-15-4-3-11-30-15)21(24-19)7-9-25(10-8-21)31(28,29)16-5-6-17(22)18(23)12-16/h5-6,12,14-15,19,24H,3-4,7-11,13H2,1-2H3/t15-,19-/m1/s1. The molecule has 3 saturated heterocycles. The zero-order chi connectivity index (χ0) is 22.4. The van der Waals surface area contributed by atoms with Gasteiger partial charge in [0.15, 0.2) is 0 Å². The molecule has 1 spiro atoms. The fraction of sp³-hybridized carbons (Fsp3) is 0.667. The number of nitrogens with zero attached hydrogens (tertiary/aromatic N) is 2. The molecule has 0 aliphatic carbocycles. The summed E-state index contributed by atoms with van der Waals surface area (Å²) in [6.45, 7) is 5.97. The second kappa shape index (κ2) is 8.80. The number of rotatable bonds is 5. The molecule has 1 N–H and O–H groups in total. The summed E-state index contributed by atoms with van der Waals surface area (Å²) in [5.41, 5.74) is -0.540. The number of hydrogen-bond acceptors (Lipinski definition) is 5. The summed E-state index contributed by atoms with van der Waals surface area (Å²) in [6.07, 6.45) is 3.05. The van der Waals surface area contributed by atoms with Crippen LogP contribution in [0.4, 0.5) is 0 Å². The summed E-state index contributed by atoms with van der Waals surface area (Å²) >= 11 is 12.0. The van der Waals surface area contributed by atoms with Crippen molar-refractivity contribution in [1.82, 2.24) is 14.5 Å². The van der Waals surface area contributed by atoms with Crippen molar-refractivity contribution in [2.24, 2.45) is 5.92 Å². The van der Waals surface area contributed by atoms with Gasteiger partial charge in [-0.3, -0.25) is 10.1 Å². The molecule has 4 rings (SSSR count). The van der Waals surface area contributed by atoms with Crippen LogP contribution in [0.1, 0.15) is 39.5 Å². The van der Waals surface area contributed by atoms with Crippen LogP contribution >= 0.6 is 23.2 Å². The highest BCUT2D eigenvalue weighted by atomic mass is 35.5. The second-order valence-corrected chi connectivity index (χ2v) is 11.7. The maximum atomic E-state index is 13.2. The van der Waals surface area contributed by atoms with Crippen LogP contribution in [0.3, 0.4) is 0 Å². The van der Waals surface area contributed by atoms with Gasteiger partial charge in [-0.15, -0.1) is 0 Å². The molecule has 1 aromatic carbocycles. The maximum absolute atomic E-state index is 13.2. The van der Waals surface area contributed by atoms with Gasteiger partial charge < -0.3 is 9.64 Å². The largest absolute Gasteiger partial charge is 0.376 e. The van der Waals surface area contributed by atoms with E-state index in [9.17, 15) is 13.2 Å². The van der Waals surface area contributed by atoms with E-state index in [1.807, 2.05) is 18.7 Å². The van der Waals surface area contributed by atoms with Crippen molar-refractivity contribution in [1.29, 1.82) is 0 Å². The lowest BCUT2D eigenvalue weighted by Gasteiger charge is -2.44. The van der Waals surface area contributed by atoms with Crippen LogP contribution in [0.5, 0.6) is 0 Å². The lowest BCUT2D eigenvalue weighted by Crippen LogP contribution is -2.60. The highest BCUT2D eigenvalue weighted by Crippen LogP contribution is 2.37. The topological polar surface area (TPSA) is 79.0 Å². The predicted octanol–water partition coefficient (Wildman–Crippen LogP) is 3.11. The minimum Gasteiger partial charge on any atom is -0.376 e. The zero-order valence-corrected chi connectivity index (χ0v) is 20.1. The first-order valence-electron chi connectivity index (χ1n) is 10.8. The molecule has 1 aromatic rings. The molecule has 0 radical (unpaired) electrons. The number of carbonyl (C=O) groups is 1. The molecule has 3 heterocycles. The molecule has 3 aliphatic rings. The molecular formula is C21H29Cl2N3O4S. The third-order valence-corrected chi connectivity index (χ3v) is 9.26. The van der Waals surface area contributed by atoms with Gasteiger partial charge in [0.1, 0.15) is 0 Å². The van der Waals surface area contributed by atoms with Crippen LogP contribution in [0.15, 0.2) is 23.1 Å². The minimum atomic E-state index is -3.70. The smallest absolute Gasteiger partial charge is 0.243 e. The molecule has 31 heavy (non-hydrogen) atoms. The second-order valence-electron chi connectivity index (χ2n) is 8.96. The Morgan fingerprint density at radius 3 is 2.52 bits per heavy atom. The van der Waals surface area contributed by atoms with Gasteiger partial charge in [0.05, 0.1) is 32.7 Å². The highest BCUT2D eigenvalue weighted by Gasteiger charge is 2.53. The van der Waals surface area contributed by atoms with E-state index < -0.39 is 15.7 Å². The van der Waals surface area contributed by atoms with Crippen molar-refractivity contribution in [3.63, 3.8) is 0 Å². The van der Waals surface area contributed by atoms with Crippen molar-refractivity contribution >= 4 is 39.1 Å². The Bertz CT molecular complexity index is 942. The minimum absolute atomic E-state index is 0.0477. The van der Waals surface area contributed by atoms with Crippen LogP contribution in [-0.2, 0) is 19.6 Å². The van der Waals surface area contributed by atoms with E-state index in [2.05, 4.69) is 5.32 Å². The fourth-order valence-corrected chi connectivity index (χ4v) is 6.64. The SMILES string of the molecule is CC(C)[C@H]1NC2(CCN(S(=O)(=O)c3ccc(Cl)c(Cl)c3)CC2)N(C[C@H]2CCCO2)C1=O. The summed E-state index contributed by atoms with van der Waals surface area (Å²) < 4.78 is 33.6. The summed E-state index contributed by atoms with van der Waals surface area (Å²) in [5, 5.41) is 4.09. The molecular weight excluding hydrogens is 461 g/mol. The number of halogens is 2. The Morgan fingerprint density at radius 2 is 1.94 bits per heavy atom. The van der Waals surface area contributed by atoms with E-state index in [-0.39, 0.29) is 33.9 Å². The average Bonchev–Trinajstić information content (AvgIpc) is 3.33. The lowest BCUT2D eigenvalue weighted by atomic mass is 9.96. The molecule has 0 bridgehead atoms. The highest BCUT2D eigenvalue weighted by molar-refractivity contribution is 7.89. The third kappa shape index (κ3) is 4.35. The molecule has 2 atom stereocenters. The molecule has 0 aromatic heterocycles. The van der Waals surface area contributed by atoms with E-state index in [4.69, 9.17) is 27.9 Å². The molecule has 1 amide bonds. The Balaban J connectivity index is 1.53. The lowest BCUT2D eigenvalue weighted by molar-refractivity contribution is -0.135. The van der Waals surface area contributed by atoms with Crippen LogP contribution in [0, 0.1) is 5.92 Å². The Labute approximate surface area is 194 Å². The first kappa shape index (κ1) is 23.3. The van der Waals surface area contributed by atoms with Gasteiger partial charge in [0.2, 0.25) is 15.9 Å². The van der Waals surface area contributed by atoms with Crippen molar-refractivity contribution in [2.75, 3.05) is 26.2 Å². The van der Waals surface area contributed by atoms with Crippen molar-refractivity contribution < 1.29 is 17.9 Å². The average molecular weight is 490 g/mol. The number of piperidine rings is 1. The van der Waals surface area contributed by atoms with E-state index in [1.165, 1.54) is 22.5 Å². The van der Waals surface area contributed by atoms with Gasteiger partial charge in [0, 0.05) is 26.2 Å². The van der Waals surface area contributed by atoms with E-state index >= 15 is 0 Å². The third-order valence-electron chi connectivity index (χ3n) is 6.63. The maximum Gasteiger partial charge on any atom is 0.243 e. The number of hydrogen-bond donors (Lipinski definition) is 1. The first-order chi connectivity index (χ1) is 14.6. The van der Waals surface area contributed by atoms with Crippen LogP contribution in [0.2, 0.25) is 10.0 Å². The zero-order valence-electron chi connectivity index (χ0n) is 17.8. The van der Waals surface area contributed by atoms with E-state index in [0.717, 1.165) is 19.4 Å². The number of amides is 1. The van der Waals surface area contributed by atoms with Gasteiger partial charge >= 0.3 is 0 Å². The Morgan fingerprint density at radius 1 is 1.23 bits per heavy atom. The van der Waals surface area contributed by atoms with Gasteiger partial charge in [-0.05, 0) is 49.8 Å². The molecule has 3 aliphatic heterocycles. The summed E-state index contributed by atoms with van der Waals surface area (Å²) in [7, 11) is -3.70. The van der Waals surface area contributed by atoms with Crippen LogP contribution in [0.25, 0.3) is 0 Å². The molecule has 7 nitrogen and oxygen atoms in total. The Hall–Kier alpha value is -0.900. The van der Waals surface area contributed by atoms with E-state index in [0.29, 0.717) is 37.5 Å². The molecule has 0 saturated carbocycles. The summed E-state index contributed by atoms with van der Waals surface area (Å²) in [4.78, 5) is 15.3. The van der Waals surface area contributed by atoms with Gasteiger partial charge in [-0.2, -0.15) is 4.31 Å². The number of sulfonamides is 1. The van der Waals surface area contributed by atoms with Crippen LogP contribution < -0.4 is 5.32 Å².